The van der Waals surface area contributed by atoms with Gasteiger partial charge in [-0.05, 0) is 12.1 Å². The van der Waals surface area contributed by atoms with Crippen LogP contribution in [0.3, 0.4) is 0 Å². The van der Waals surface area contributed by atoms with Crippen molar-refractivity contribution < 1.29 is 4.39 Å². The van der Waals surface area contributed by atoms with Crippen molar-refractivity contribution >= 4 is 15.9 Å². The first kappa shape index (κ1) is 9.64. The van der Waals surface area contributed by atoms with Crippen LogP contribution in [0.5, 0.6) is 0 Å². The van der Waals surface area contributed by atoms with Crippen molar-refractivity contribution in [3.05, 3.63) is 33.5 Å². The third kappa shape index (κ3) is 1.83. The SMILES string of the molecule is NCc1cc(Br)cc(CN)c1F. The first-order valence-corrected chi connectivity index (χ1v) is 4.35. The second-order valence-corrected chi connectivity index (χ2v) is 3.36. The summed E-state index contributed by atoms with van der Waals surface area (Å²) in [5.41, 5.74) is 11.7. The van der Waals surface area contributed by atoms with Crippen molar-refractivity contribution in [1.29, 1.82) is 0 Å². The standard InChI is InChI=1S/C8H10BrFN2/c9-7-1-5(3-11)8(10)6(2-7)4-12/h1-2H,3-4,11-12H2. The summed E-state index contributed by atoms with van der Waals surface area (Å²) in [7, 11) is 0. The van der Waals surface area contributed by atoms with Crippen LogP contribution in [0.15, 0.2) is 16.6 Å². The molecule has 0 unspecified atom stereocenters. The van der Waals surface area contributed by atoms with Crippen molar-refractivity contribution in [1.82, 2.24) is 0 Å². The van der Waals surface area contributed by atoms with Crippen LogP contribution in [0.25, 0.3) is 0 Å². The lowest BCUT2D eigenvalue weighted by Crippen LogP contribution is -2.06. The van der Waals surface area contributed by atoms with Gasteiger partial charge in [0.25, 0.3) is 0 Å². The number of halogens is 2. The van der Waals surface area contributed by atoms with Crippen LogP contribution in [-0.4, -0.2) is 0 Å². The highest BCUT2D eigenvalue weighted by molar-refractivity contribution is 9.10. The van der Waals surface area contributed by atoms with E-state index in [9.17, 15) is 4.39 Å². The molecule has 0 radical (unpaired) electrons. The number of nitrogens with two attached hydrogens (primary N) is 2. The van der Waals surface area contributed by atoms with E-state index in [1.807, 2.05) is 0 Å². The summed E-state index contributed by atoms with van der Waals surface area (Å²) < 4.78 is 14.1. The molecular formula is C8H10BrFN2. The maximum atomic E-state index is 13.3. The molecule has 0 saturated carbocycles. The van der Waals surface area contributed by atoms with Gasteiger partial charge >= 0.3 is 0 Å². The minimum absolute atomic E-state index is 0.193. The topological polar surface area (TPSA) is 52.0 Å². The quantitative estimate of drug-likeness (QED) is 0.813. The Balaban J connectivity index is 3.22. The molecule has 4 heteroatoms. The number of benzene rings is 1. The summed E-state index contributed by atoms with van der Waals surface area (Å²) in [6.45, 7) is 0.385. The van der Waals surface area contributed by atoms with Crippen LogP contribution in [0.2, 0.25) is 0 Å². The third-order valence-electron chi connectivity index (χ3n) is 1.63. The first-order chi connectivity index (χ1) is 5.69. The van der Waals surface area contributed by atoms with Crippen LogP contribution in [-0.2, 0) is 13.1 Å². The highest BCUT2D eigenvalue weighted by atomic mass is 79.9. The summed E-state index contributed by atoms with van der Waals surface area (Å²) in [5, 5.41) is 0. The monoisotopic (exact) mass is 232 g/mol. The zero-order valence-electron chi connectivity index (χ0n) is 6.48. The molecule has 0 aliphatic carbocycles. The van der Waals surface area contributed by atoms with Gasteiger partial charge in [-0.1, -0.05) is 15.9 Å². The number of hydrogen-bond acceptors (Lipinski definition) is 2. The first-order valence-electron chi connectivity index (χ1n) is 3.56. The Bertz CT molecular complexity index is 263. The summed E-state index contributed by atoms with van der Waals surface area (Å²) in [6.07, 6.45) is 0. The van der Waals surface area contributed by atoms with Gasteiger partial charge in [0.1, 0.15) is 5.82 Å². The van der Waals surface area contributed by atoms with Crippen LogP contribution in [0.1, 0.15) is 11.1 Å². The second kappa shape index (κ2) is 3.98. The summed E-state index contributed by atoms with van der Waals surface area (Å²) in [6, 6.07) is 3.32. The Kier molecular flexibility index (Phi) is 3.20. The van der Waals surface area contributed by atoms with E-state index in [2.05, 4.69) is 15.9 Å². The van der Waals surface area contributed by atoms with E-state index in [1.165, 1.54) is 0 Å². The highest BCUT2D eigenvalue weighted by Crippen LogP contribution is 2.19. The van der Waals surface area contributed by atoms with Gasteiger partial charge in [-0.15, -0.1) is 0 Å². The Labute approximate surface area is 78.9 Å². The van der Waals surface area contributed by atoms with Gasteiger partial charge in [0.15, 0.2) is 0 Å². The Morgan fingerprint density at radius 2 is 1.58 bits per heavy atom. The van der Waals surface area contributed by atoms with Gasteiger partial charge < -0.3 is 11.5 Å². The van der Waals surface area contributed by atoms with Gasteiger partial charge in [-0.2, -0.15) is 0 Å². The molecule has 0 atom stereocenters. The Hall–Kier alpha value is -0.450. The minimum Gasteiger partial charge on any atom is -0.326 e. The molecule has 0 fully saturated rings. The Morgan fingerprint density at radius 1 is 1.17 bits per heavy atom. The molecular weight excluding hydrogens is 223 g/mol. The lowest BCUT2D eigenvalue weighted by Gasteiger charge is -2.05. The Morgan fingerprint density at radius 3 is 1.92 bits per heavy atom. The maximum Gasteiger partial charge on any atom is 0.132 e. The van der Waals surface area contributed by atoms with E-state index < -0.39 is 0 Å². The van der Waals surface area contributed by atoms with Gasteiger partial charge in [0.05, 0.1) is 0 Å². The molecule has 4 N–H and O–H groups in total. The normalized spacial score (nSPS) is 10.3. The van der Waals surface area contributed by atoms with Crippen LogP contribution < -0.4 is 11.5 Å². The predicted octanol–water partition coefficient (Wildman–Crippen LogP) is 1.51. The van der Waals surface area contributed by atoms with E-state index in [-0.39, 0.29) is 18.9 Å². The van der Waals surface area contributed by atoms with E-state index >= 15 is 0 Å². The smallest absolute Gasteiger partial charge is 0.132 e. The highest BCUT2D eigenvalue weighted by Gasteiger charge is 2.06. The van der Waals surface area contributed by atoms with Gasteiger partial charge in [-0.25, -0.2) is 4.39 Å². The van der Waals surface area contributed by atoms with Crippen LogP contribution >= 0.6 is 15.9 Å². The summed E-state index contributed by atoms with van der Waals surface area (Å²) in [4.78, 5) is 0. The van der Waals surface area contributed by atoms with E-state index in [0.29, 0.717) is 11.1 Å². The fourth-order valence-electron chi connectivity index (χ4n) is 1.00. The molecule has 0 aromatic heterocycles. The van der Waals surface area contributed by atoms with E-state index in [4.69, 9.17) is 11.5 Å². The molecule has 0 aliphatic heterocycles. The lowest BCUT2D eigenvalue weighted by atomic mass is 10.1. The third-order valence-corrected chi connectivity index (χ3v) is 2.09. The predicted molar refractivity (Wildman–Crippen MR) is 49.9 cm³/mol. The van der Waals surface area contributed by atoms with E-state index in [1.54, 1.807) is 12.1 Å². The zero-order chi connectivity index (χ0) is 9.14. The molecule has 12 heavy (non-hydrogen) atoms. The molecule has 1 aromatic rings. The van der Waals surface area contributed by atoms with Crippen molar-refractivity contribution in [2.24, 2.45) is 11.5 Å². The van der Waals surface area contributed by atoms with E-state index in [0.717, 1.165) is 4.47 Å². The largest absolute Gasteiger partial charge is 0.326 e. The molecule has 0 heterocycles. The van der Waals surface area contributed by atoms with Gasteiger partial charge in [0.2, 0.25) is 0 Å². The summed E-state index contributed by atoms with van der Waals surface area (Å²) >= 11 is 3.25. The molecule has 1 aromatic carbocycles. The van der Waals surface area contributed by atoms with Crippen molar-refractivity contribution in [2.45, 2.75) is 13.1 Å². The van der Waals surface area contributed by atoms with Crippen molar-refractivity contribution in [3.8, 4) is 0 Å². The van der Waals surface area contributed by atoms with Crippen molar-refractivity contribution in [3.63, 3.8) is 0 Å². The fourth-order valence-corrected chi connectivity index (χ4v) is 1.56. The molecule has 0 amide bonds. The fraction of sp³-hybridized carbons (Fsp3) is 0.250. The lowest BCUT2D eigenvalue weighted by molar-refractivity contribution is 0.593. The van der Waals surface area contributed by atoms with Gasteiger partial charge in [0, 0.05) is 28.7 Å². The number of rotatable bonds is 2. The minimum atomic E-state index is -0.289. The average Bonchev–Trinajstić information content (AvgIpc) is 2.08. The molecule has 1 rings (SSSR count). The average molecular weight is 233 g/mol. The van der Waals surface area contributed by atoms with Crippen LogP contribution in [0, 0.1) is 5.82 Å². The molecule has 0 aliphatic rings. The zero-order valence-corrected chi connectivity index (χ0v) is 8.07. The maximum absolute atomic E-state index is 13.3. The molecule has 2 nitrogen and oxygen atoms in total. The molecule has 66 valence electrons. The summed E-state index contributed by atoms with van der Waals surface area (Å²) in [5.74, 6) is -0.289. The molecule has 0 bridgehead atoms. The number of hydrogen-bond donors (Lipinski definition) is 2. The second-order valence-electron chi connectivity index (χ2n) is 2.45. The van der Waals surface area contributed by atoms with Crippen LogP contribution in [0.4, 0.5) is 4.39 Å². The molecule has 0 saturated heterocycles. The van der Waals surface area contributed by atoms with Crippen molar-refractivity contribution in [2.75, 3.05) is 0 Å². The molecule has 0 spiro atoms. The van der Waals surface area contributed by atoms with Gasteiger partial charge in [-0.3, -0.25) is 0 Å².